The number of rotatable bonds is 9. The van der Waals surface area contributed by atoms with Gasteiger partial charge in [0.05, 0.1) is 27.9 Å². The molecular formula is C25H28N2O4. The zero-order valence-electron chi connectivity index (χ0n) is 18.3. The van der Waals surface area contributed by atoms with E-state index in [1.54, 1.807) is 27.4 Å². The maximum atomic E-state index is 12.7. The minimum absolute atomic E-state index is 0.0952. The molecule has 0 fully saturated rings. The first-order valence-electron chi connectivity index (χ1n) is 9.98. The number of amides is 1. The van der Waals surface area contributed by atoms with Gasteiger partial charge in [-0.15, -0.1) is 0 Å². The highest BCUT2D eigenvalue weighted by atomic mass is 16.5. The Balaban J connectivity index is 1.70. The number of hydrogen-bond donors (Lipinski definition) is 1. The second kappa shape index (κ2) is 10.4. The van der Waals surface area contributed by atoms with Gasteiger partial charge in [-0.25, -0.2) is 0 Å². The first kappa shape index (κ1) is 22.0. The molecule has 0 heterocycles. The number of ether oxygens (including phenoxy) is 3. The number of hydrogen-bond acceptors (Lipinski definition) is 5. The van der Waals surface area contributed by atoms with Crippen LogP contribution in [0.5, 0.6) is 17.2 Å². The molecule has 0 bridgehead atoms. The van der Waals surface area contributed by atoms with E-state index in [9.17, 15) is 4.79 Å². The van der Waals surface area contributed by atoms with Crippen molar-refractivity contribution in [1.29, 1.82) is 0 Å². The van der Waals surface area contributed by atoms with Crippen molar-refractivity contribution < 1.29 is 19.0 Å². The Labute approximate surface area is 183 Å². The highest BCUT2D eigenvalue weighted by Gasteiger charge is 2.15. The van der Waals surface area contributed by atoms with Gasteiger partial charge in [0.2, 0.25) is 5.91 Å². The van der Waals surface area contributed by atoms with Crippen LogP contribution in [-0.4, -0.2) is 40.8 Å². The zero-order valence-corrected chi connectivity index (χ0v) is 18.3. The van der Waals surface area contributed by atoms with Crippen molar-refractivity contribution in [3.05, 3.63) is 72.3 Å². The molecule has 0 spiro atoms. The molecule has 0 radical (unpaired) electrons. The third-order valence-electron chi connectivity index (χ3n) is 5.04. The molecule has 1 N–H and O–H groups in total. The molecule has 6 heteroatoms. The number of methoxy groups -OCH3 is 3. The number of carbonyl (C=O) groups excluding carboxylic acids is 1. The molecular weight excluding hydrogens is 392 g/mol. The summed E-state index contributed by atoms with van der Waals surface area (Å²) < 4.78 is 16.1. The van der Waals surface area contributed by atoms with Gasteiger partial charge in [-0.1, -0.05) is 48.5 Å². The summed E-state index contributed by atoms with van der Waals surface area (Å²) >= 11 is 0. The quantitative estimate of drug-likeness (QED) is 0.564. The predicted molar refractivity (Wildman–Crippen MR) is 123 cm³/mol. The van der Waals surface area contributed by atoms with Gasteiger partial charge < -0.3 is 24.4 Å². The van der Waals surface area contributed by atoms with Gasteiger partial charge in [0.25, 0.3) is 0 Å². The van der Waals surface area contributed by atoms with Crippen molar-refractivity contribution in [2.75, 3.05) is 39.8 Å². The molecule has 0 aromatic heterocycles. The van der Waals surface area contributed by atoms with Crippen molar-refractivity contribution >= 4 is 11.6 Å². The fourth-order valence-electron chi connectivity index (χ4n) is 3.45. The Hall–Kier alpha value is -3.67. The summed E-state index contributed by atoms with van der Waals surface area (Å²) in [6.07, 6.45) is 0. The lowest BCUT2D eigenvalue weighted by Gasteiger charge is -2.22. The molecule has 0 aliphatic carbocycles. The molecule has 0 aliphatic rings. The van der Waals surface area contributed by atoms with E-state index in [1.807, 2.05) is 54.4 Å². The molecule has 0 saturated heterocycles. The molecule has 0 aliphatic heterocycles. The molecule has 3 aromatic rings. The average molecular weight is 421 g/mol. The Morgan fingerprint density at radius 1 is 0.839 bits per heavy atom. The van der Waals surface area contributed by atoms with Crippen molar-refractivity contribution in [2.24, 2.45) is 0 Å². The van der Waals surface area contributed by atoms with E-state index in [2.05, 4.69) is 23.5 Å². The maximum absolute atomic E-state index is 12.7. The van der Waals surface area contributed by atoms with Gasteiger partial charge in [-0.05, 0) is 17.7 Å². The molecule has 0 saturated carbocycles. The molecule has 3 aromatic carbocycles. The van der Waals surface area contributed by atoms with Gasteiger partial charge in [-0.2, -0.15) is 0 Å². The molecule has 6 nitrogen and oxygen atoms in total. The number of anilines is 1. The summed E-state index contributed by atoms with van der Waals surface area (Å²) in [7, 11) is 6.65. The van der Waals surface area contributed by atoms with Crippen LogP contribution in [0.15, 0.2) is 66.7 Å². The van der Waals surface area contributed by atoms with Crippen LogP contribution in [0, 0.1) is 0 Å². The first-order chi connectivity index (χ1) is 15.1. The monoisotopic (exact) mass is 420 g/mol. The van der Waals surface area contributed by atoms with Gasteiger partial charge in [-0.3, -0.25) is 4.79 Å². The van der Waals surface area contributed by atoms with Crippen LogP contribution < -0.4 is 24.4 Å². The minimum Gasteiger partial charge on any atom is -0.496 e. The van der Waals surface area contributed by atoms with E-state index >= 15 is 0 Å². The highest BCUT2D eigenvalue weighted by Crippen LogP contribution is 2.34. The van der Waals surface area contributed by atoms with Crippen LogP contribution in [-0.2, 0) is 11.3 Å². The number of para-hydroxylation sites is 1. The van der Waals surface area contributed by atoms with Gasteiger partial charge in [0.1, 0.15) is 5.75 Å². The van der Waals surface area contributed by atoms with Gasteiger partial charge in [0.15, 0.2) is 11.5 Å². The lowest BCUT2D eigenvalue weighted by atomic mass is 10.0. The van der Waals surface area contributed by atoms with Crippen molar-refractivity contribution in [2.45, 2.75) is 6.54 Å². The van der Waals surface area contributed by atoms with Crippen molar-refractivity contribution in [3.63, 3.8) is 0 Å². The Morgan fingerprint density at radius 3 is 2.13 bits per heavy atom. The van der Waals surface area contributed by atoms with Crippen LogP contribution in [0.2, 0.25) is 0 Å². The first-order valence-corrected chi connectivity index (χ1v) is 9.98. The summed E-state index contributed by atoms with van der Waals surface area (Å²) in [6.45, 7) is 0.538. The SMILES string of the molecule is COc1cc(OC)c(OC)cc1CNC(=O)CN(C)c1ccccc1-c1ccccc1. The third-order valence-corrected chi connectivity index (χ3v) is 5.04. The topological polar surface area (TPSA) is 60.0 Å². The molecule has 1 amide bonds. The number of carbonyl (C=O) groups is 1. The lowest BCUT2D eigenvalue weighted by molar-refractivity contribution is -0.119. The number of nitrogens with one attached hydrogen (secondary N) is 1. The molecule has 31 heavy (non-hydrogen) atoms. The molecule has 0 unspecified atom stereocenters. The standard InChI is InChI=1S/C25H28N2O4/c1-27(21-13-9-8-12-20(21)18-10-6-5-7-11-18)17-25(28)26-16-19-14-23(30-3)24(31-4)15-22(19)29-2/h5-15H,16-17H2,1-4H3,(H,26,28). The smallest absolute Gasteiger partial charge is 0.239 e. The second-order valence-corrected chi connectivity index (χ2v) is 7.04. The molecule has 3 rings (SSSR count). The fraction of sp³-hybridized carbons (Fsp3) is 0.240. The van der Waals surface area contributed by atoms with E-state index in [0.29, 0.717) is 23.8 Å². The Morgan fingerprint density at radius 2 is 1.45 bits per heavy atom. The number of likely N-dealkylation sites (N-methyl/N-ethyl adjacent to an activating group) is 1. The minimum atomic E-state index is -0.0952. The van der Waals surface area contributed by atoms with Crippen LogP contribution in [0.25, 0.3) is 11.1 Å². The zero-order chi connectivity index (χ0) is 22.2. The van der Waals surface area contributed by atoms with E-state index in [1.165, 1.54) is 0 Å². The summed E-state index contributed by atoms with van der Waals surface area (Å²) in [5.74, 6) is 1.69. The molecule has 162 valence electrons. The van der Waals surface area contributed by atoms with E-state index in [-0.39, 0.29) is 12.5 Å². The van der Waals surface area contributed by atoms with Crippen molar-refractivity contribution in [1.82, 2.24) is 5.32 Å². The summed E-state index contributed by atoms with van der Waals surface area (Å²) in [6, 6.07) is 21.8. The van der Waals surface area contributed by atoms with Crippen LogP contribution in [0.4, 0.5) is 5.69 Å². The van der Waals surface area contributed by atoms with E-state index in [0.717, 1.165) is 22.4 Å². The van der Waals surface area contributed by atoms with Crippen LogP contribution in [0.1, 0.15) is 5.56 Å². The number of benzene rings is 3. The third kappa shape index (κ3) is 5.28. The fourth-order valence-corrected chi connectivity index (χ4v) is 3.45. The Kier molecular flexibility index (Phi) is 7.38. The highest BCUT2D eigenvalue weighted by molar-refractivity contribution is 5.85. The number of nitrogens with zero attached hydrogens (tertiary/aromatic N) is 1. The summed E-state index contributed by atoms with van der Waals surface area (Å²) in [5.41, 5.74) is 3.99. The average Bonchev–Trinajstić information content (AvgIpc) is 2.82. The Bertz CT molecular complexity index is 1020. The largest absolute Gasteiger partial charge is 0.496 e. The predicted octanol–water partition coefficient (Wildman–Crippen LogP) is 4.13. The van der Waals surface area contributed by atoms with E-state index < -0.39 is 0 Å². The van der Waals surface area contributed by atoms with Crippen LogP contribution >= 0.6 is 0 Å². The van der Waals surface area contributed by atoms with Crippen LogP contribution in [0.3, 0.4) is 0 Å². The summed E-state index contributed by atoms with van der Waals surface area (Å²) in [4.78, 5) is 14.6. The van der Waals surface area contributed by atoms with Crippen molar-refractivity contribution in [3.8, 4) is 28.4 Å². The summed E-state index contributed by atoms with van der Waals surface area (Å²) in [5, 5.41) is 2.97. The lowest BCUT2D eigenvalue weighted by Crippen LogP contribution is -2.35. The van der Waals surface area contributed by atoms with Gasteiger partial charge >= 0.3 is 0 Å². The van der Waals surface area contributed by atoms with Gasteiger partial charge in [0, 0.05) is 36.5 Å². The van der Waals surface area contributed by atoms with E-state index in [4.69, 9.17) is 14.2 Å². The normalized spacial score (nSPS) is 10.3. The second-order valence-electron chi connectivity index (χ2n) is 7.04. The molecule has 0 atom stereocenters. The maximum Gasteiger partial charge on any atom is 0.239 e.